The van der Waals surface area contributed by atoms with Crippen molar-refractivity contribution in [3.8, 4) is 0 Å². The summed E-state index contributed by atoms with van der Waals surface area (Å²) < 4.78 is 0. The van der Waals surface area contributed by atoms with Gasteiger partial charge >= 0.3 is 0 Å². The summed E-state index contributed by atoms with van der Waals surface area (Å²) in [5, 5.41) is 0. The summed E-state index contributed by atoms with van der Waals surface area (Å²) in [5.41, 5.74) is 4.64. The molecule has 1 heterocycles. The number of rotatable bonds is 5. The minimum absolute atomic E-state index is 0.392. The van der Waals surface area contributed by atoms with Crippen LogP contribution in [0.4, 0.5) is 11.5 Å². The van der Waals surface area contributed by atoms with Crippen LogP contribution in [0.5, 0.6) is 0 Å². The lowest BCUT2D eigenvalue weighted by Gasteiger charge is -2.24. The van der Waals surface area contributed by atoms with Gasteiger partial charge in [-0.15, -0.1) is 11.6 Å². The van der Waals surface area contributed by atoms with E-state index >= 15 is 0 Å². The molecule has 0 aliphatic heterocycles. The van der Waals surface area contributed by atoms with Gasteiger partial charge in [-0.2, -0.15) is 0 Å². The van der Waals surface area contributed by atoms with Gasteiger partial charge in [-0.05, 0) is 55.2 Å². The summed E-state index contributed by atoms with van der Waals surface area (Å²) in [4.78, 5) is 7.06. The molecule has 2 nitrogen and oxygen atoms in total. The number of pyridine rings is 1. The lowest BCUT2D eigenvalue weighted by Crippen LogP contribution is -2.18. The number of nitrogens with zero attached hydrogens (tertiary/aromatic N) is 2. The largest absolute Gasteiger partial charge is 0.327 e. The van der Waals surface area contributed by atoms with Gasteiger partial charge in [0.05, 0.1) is 0 Å². The second kappa shape index (κ2) is 6.95. The molecule has 0 N–H and O–H groups in total. The van der Waals surface area contributed by atoms with Gasteiger partial charge in [0, 0.05) is 23.8 Å². The van der Waals surface area contributed by atoms with Gasteiger partial charge in [-0.1, -0.05) is 26.0 Å². The lowest BCUT2D eigenvalue weighted by atomic mass is 10.1. The summed E-state index contributed by atoms with van der Waals surface area (Å²) in [7, 11) is 0. The molecule has 0 bridgehead atoms. The average Bonchev–Trinajstić information content (AvgIpc) is 2.47. The standard InChI is InChI=1S/C18H23ClN2/c1-5-21(16-8-6-7-14(4)9-16)18-11-15(12-19)10-17(20-18)13(2)3/h6-11,13H,5,12H2,1-4H3. The third kappa shape index (κ3) is 3.76. The van der Waals surface area contributed by atoms with Gasteiger partial charge in [0.1, 0.15) is 5.82 Å². The van der Waals surface area contributed by atoms with Crippen molar-refractivity contribution in [2.24, 2.45) is 0 Å². The second-order valence-electron chi connectivity index (χ2n) is 5.63. The quantitative estimate of drug-likeness (QED) is 0.686. The molecule has 0 aliphatic rings. The fourth-order valence-electron chi connectivity index (χ4n) is 2.38. The molecule has 1 aromatic heterocycles. The monoisotopic (exact) mass is 302 g/mol. The first-order chi connectivity index (χ1) is 10.0. The fourth-order valence-corrected chi connectivity index (χ4v) is 2.53. The van der Waals surface area contributed by atoms with E-state index in [0.717, 1.165) is 23.6 Å². The van der Waals surface area contributed by atoms with Crippen molar-refractivity contribution in [3.63, 3.8) is 0 Å². The van der Waals surface area contributed by atoms with Crippen molar-refractivity contribution < 1.29 is 0 Å². The van der Waals surface area contributed by atoms with Gasteiger partial charge in [0.15, 0.2) is 0 Å². The summed E-state index contributed by atoms with van der Waals surface area (Å²) in [6.45, 7) is 9.45. The van der Waals surface area contributed by atoms with E-state index in [1.807, 2.05) is 0 Å². The predicted octanol–water partition coefficient (Wildman–Crippen LogP) is 5.41. The molecular weight excluding hydrogens is 280 g/mol. The van der Waals surface area contributed by atoms with Crippen LogP contribution in [-0.4, -0.2) is 11.5 Å². The number of hydrogen-bond donors (Lipinski definition) is 0. The zero-order valence-corrected chi connectivity index (χ0v) is 14.0. The van der Waals surface area contributed by atoms with Crippen molar-refractivity contribution in [1.29, 1.82) is 0 Å². The van der Waals surface area contributed by atoms with E-state index in [1.54, 1.807) is 0 Å². The van der Waals surface area contributed by atoms with Crippen LogP contribution >= 0.6 is 11.6 Å². The number of benzene rings is 1. The molecule has 0 fully saturated rings. The highest BCUT2D eigenvalue weighted by molar-refractivity contribution is 6.17. The minimum atomic E-state index is 0.392. The Morgan fingerprint density at radius 3 is 2.52 bits per heavy atom. The normalized spacial score (nSPS) is 11.0. The van der Waals surface area contributed by atoms with E-state index < -0.39 is 0 Å². The molecule has 0 aliphatic carbocycles. The molecular formula is C18H23ClN2. The van der Waals surface area contributed by atoms with Gasteiger partial charge in [-0.25, -0.2) is 4.98 Å². The number of hydrogen-bond acceptors (Lipinski definition) is 2. The van der Waals surface area contributed by atoms with Crippen LogP contribution in [0.15, 0.2) is 36.4 Å². The topological polar surface area (TPSA) is 16.1 Å². The van der Waals surface area contributed by atoms with E-state index in [2.05, 4.69) is 69.0 Å². The van der Waals surface area contributed by atoms with Crippen LogP contribution in [-0.2, 0) is 5.88 Å². The van der Waals surface area contributed by atoms with Gasteiger partial charge in [-0.3, -0.25) is 0 Å². The maximum absolute atomic E-state index is 6.05. The van der Waals surface area contributed by atoms with Crippen LogP contribution in [0.3, 0.4) is 0 Å². The summed E-state index contributed by atoms with van der Waals surface area (Å²) >= 11 is 6.05. The molecule has 0 saturated heterocycles. The minimum Gasteiger partial charge on any atom is -0.327 e. The molecule has 1 aromatic carbocycles. The van der Waals surface area contributed by atoms with Crippen molar-refractivity contribution in [1.82, 2.24) is 4.98 Å². The Bertz CT molecular complexity index is 608. The van der Waals surface area contributed by atoms with Crippen LogP contribution in [0, 0.1) is 6.92 Å². The first-order valence-corrected chi connectivity index (χ1v) is 7.99. The van der Waals surface area contributed by atoms with E-state index in [-0.39, 0.29) is 0 Å². The van der Waals surface area contributed by atoms with Crippen LogP contribution in [0.2, 0.25) is 0 Å². The average molecular weight is 303 g/mol. The number of aromatic nitrogens is 1. The lowest BCUT2D eigenvalue weighted by molar-refractivity contribution is 0.813. The van der Waals surface area contributed by atoms with Crippen molar-refractivity contribution in [2.75, 3.05) is 11.4 Å². The van der Waals surface area contributed by atoms with Crippen LogP contribution in [0.1, 0.15) is 43.5 Å². The fraction of sp³-hybridized carbons (Fsp3) is 0.389. The Morgan fingerprint density at radius 2 is 1.95 bits per heavy atom. The number of alkyl halides is 1. The number of halogens is 1. The molecule has 0 atom stereocenters. The van der Waals surface area contributed by atoms with Gasteiger partial charge in [0.2, 0.25) is 0 Å². The Morgan fingerprint density at radius 1 is 1.19 bits per heavy atom. The number of aryl methyl sites for hydroxylation is 1. The molecule has 2 aromatic rings. The molecule has 0 spiro atoms. The summed E-state index contributed by atoms with van der Waals surface area (Å²) in [6, 6.07) is 12.7. The highest BCUT2D eigenvalue weighted by atomic mass is 35.5. The first-order valence-electron chi connectivity index (χ1n) is 7.46. The van der Waals surface area contributed by atoms with Crippen molar-refractivity contribution in [3.05, 3.63) is 53.2 Å². The predicted molar refractivity (Wildman–Crippen MR) is 91.7 cm³/mol. The third-order valence-electron chi connectivity index (χ3n) is 3.54. The van der Waals surface area contributed by atoms with E-state index in [1.165, 1.54) is 11.3 Å². The zero-order chi connectivity index (χ0) is 15.4. The Balaban J connectivity index is 2.48. The molecule has 2 rings (SSSR count). The third-order valence-corrected chi connectivity index (χ3v) is 3.85. The molecule has 3 heteroatoms. The molecule has 0 amide bonds. The Kier molecular flexibility index (Phi) is 5.24. The summed E-state index contributed by atoms with van der Waals surface area (Å²) in [5.74, 6) is 1.88. The maximum Gasteiger partial charge on any atom is 0.133 e. The Labute approximate surface area is 132 Å². The molecule has 21 heavy (non-hydrogen) atoms. The van der Waals surface area contributed by atoms with Gasteiger partial charge < -0.3 is 4.90 Å². The van der Waals surface area contributed by atoms with Crippen LogP contribution < -0.4 is 4.90 Å². The Hall–Kier alpha value is -1.54. The molecule has 0 unspecified atom stereocenters. The van der Waals surface area contributed by atoms with Crippen molar-refractivity contribution in [2.45, 2.75) is 39.5 Å². The SMILES string of the molecule is CCN(c1cccc(C)c1)c1cc(CCl)cc(C(C)C)n1. The molecule has 0 saturated carbocycles. The van der Waals surface area contributed by atoms with Crippen molar-refractivity contribution >= 4 is 23.1 Å². The highest BCUT2D eigenvalue weighted by Crippen LogP contribution is 2.27. The first kappa shape index (κ1) is 15.8. The smallest absolute Gasteiger partial charge is 0.133 e. The van der Waals surface area contributed by atoms with E-state index in [9.17, 15) is 0 Å². The second-order valence-corrected chi connectivity index (χ2v) is 5.90. The number of anilines is 2. The van der Waals surface area contributed by atoms with E-state index in [0.29, 0.717) is 11.8 Å². The highest BCUT2D eigenvalue weighted by Gasteiger charge is 2.12. The molecule has 112 valence electrons. The summed E-state index contributed by atoms with van der Waals surface area (Å²) in [6.07, 6.45) is 0. The molecule has 0 radical (unpaired) electrons. The van der Waals surface area contributed by atoms with Gasteiger partial charge in [0.25, 0.3) is 0 Å². The van der Waals surface area contributed by atoms with Crippen LogP contribution in [0.25, 0.3) is 0 Å². The maximum atomic E-state index is 6.05. The zero-order valence-electron chi connectivity index (χ0n) is 13.2. The van der Waals surface area contributed by atoms with E-state index in [4.69, 9.17) is 16.6 Å².